The number of halogens is 2. The van der Waals surface area contributed by atoms with Crippen molar-refractivity contribution in [1.29, 1.82) is 0 Å². The Morgan fingerprint density at radius 3 is 2.65 bits per heavy atom. The Bertz CT molecular complexity index is 776. The van der Waals surface area contributed by atoms with Crippen molar-refractivity contribution in [2.24, 2.45) is 0 Å². The van der Waals surface area contributed by atoms with Crippen molar-refractivity contribution in [2.45, 2.75) is 19.4 Å². The van der Waals surface area contributed by atoms with Crippen LogP contribution in [0.4, 0.5) is 4.39 Å². The average molecular weight is 427 g/mol. The first-order valence-corrected chi connectivity index (χ1v) is 8.12. The first-order valence-electron chi connectivity index (χ1n) is 7.04. The van der Waals surface area contributed by atoms with E-state index in [1.165, 1.54) is 18.2 Å². The van der Waals surface area contributed by atoms with Crippen LogP contribution < -0.4 is 14.8 Å². The molecule has 2 aromatic carbocycles. The van der Waals surface area contributed by atoms with Gasteiger partial charge in [0.05, 0.1) is 11.1 Å². The Morgan fingerprint density at radius 1 is 1.17 bits per heavy atom. The second kappa shape index (κ2) is 5.99. The van der Waals surface area contributed by atoms with Crippen LogP contribution in [0.3, 0.4) is 0 Å². The third kappa shape index (κ3) is 3.26. The molecule has 0 saturated heterocycles. The third-order valence-electron chi connectivity index (χ3n) is 3.70. The maximum absolute atomic E-state index is 13.2. The van der Waals surface area contributed by atoms with E-state index in [4.69, 9.17) is 9.47 Å². The molecule has 120 valence electrons. The van der Waals surface area contributed by atoms with E-state index in [9.17, 15) is 9.18 Å². The first-order chi connectivity index (χ1) is 10.9. The molecular weight excluding hydrogens is 412 g/mol. The molecule has 0 aromatic heterocycles. The number of nitrogens with one attached hydrogen (secondary N) is 1. The Labute approximate surface area is 147 Å². The van der Waals surface area contributed by atoms with Crippen LogP contribution in [-0.2, 0) is 5.54 Å². The molecule has 0 unspecified atom stereocenters. The highest BCUT2D eigenvalue weighted by atomic mass is 127. The Hall–Kier alpha value is -1.83. The molecule has 1 N–H and O–H groups in total. The van der Waals surface area contributed by atoms with E-state index in [1.807, 2.05) is 54.6 Å². The van der Waals surface area contributed by atoms with Crippen molar-refractivity contribution in [3.63, 3.8) is 0 Å². The van der Waals surface area contributed by atoms with Crippen molar-refractivity contribution in [3.8, 4) is 11.5 Å². The summed E-state index contributed by atoms with van der Waals surface area (Å²) in [5.74, 6) is 0.753. The molecular formula is C17H15FINO3. The molecule has 3 rings (SSSR count). The maximum Gasteiger partial charge on any atom is 0.253 e. The fourth-order valence-electron chi connectivity index (χ4n) is 2.38. The number of hydrogen-bond donors (Lipinski definition) is 1. The lowest BCUT2D eigenvalue weighted by atomic mass is 9.93. The Balaban J connectivity index is 1.84. The van der Waals surface area contributed by atoms with E-state index < -0.39 is 5.54 Å². The zero-order valence-corrected chi connectivity index (χ0v) is 14.8. The smallest absolute Gasteiger partial charge is 0.253 e. The van der Waals surface area contributed by atoms with Crippen LogP contribution in [0.25, 0.3) is 0 Å². The monoisotopic (exact) mass is 427 g/mol. The molecule has 0 fully saturated rings. The Morgan fingerprint density at radius 2 is 1.91 bits per heavy atom. The summed E-state index contributed by atoms with van der Waals surface area (Å²) in [4.78, 5) is 12.5. The molecule has 2 aromatic rings. The predicted octanol–water partition coefficient (Wildman–Crippen LogP) is 3.82. The molecule has 0 saturated carbocycles. The minimum Gasteiger partial charge on any atom is -0.454 e. The van der Waals surface area contributed by atoms with Gasteiger partial charge in [0.25, 0.3) is 5.91 Å². The van der Waals surface area contributed by atoms with E-state index in [0.29, 0.717) is 20.6 Å². The number of carbonyl (C=O) groups excluding carboxylic acids is 1. The zero-order valence-electron chi connectivity index (χ0n) is 12.7. The molecule has 0 radical (unpaired) electrons. The lowest BCUT2D eigenvalue weighted by Gasteiger charge is -2.27. The van der Waals surface area contributed by atoms with Crippen LogP contribution in [0.15, 0.2) is 36.4 Å². The van der Waals surface area contributed by atoms with Gasteiger partial charge < -0.3 is 14.8 Å². The fourth-order valence-corrected chi connectivity index (χ4v) is 3.10. The predicted molar refractivity (Wildman–Crippen MR) is 92.2 cm³/mol. The van der Waals surface area contributed by atoms with Gasteiger partial charge in [-0.1, -0.05) is 6.07 Å². The molecule has 6 heteroatoms. The summed E-state index contributed by atoms with van der Waals surface area (Å²) in [6.45, 7) is 4.01. The summed E-state index contributed by atoms with van der Waals surface area (Å²) < 4.78 is 24.4. The van der Waals surface area contributed by atoms with Crippen LogP contribution >= 0.6 is 22.6 Å². The average Bonchev–Trinajstić information content (AvgIpc) is 2.93. The van der Waals surface area contributed by atoms with Gasteiger partial charge in [0.2, 0.25) is 6.79 Å². The van der Waals surface area contributed by atoms with Crippen molar-refractivity contribution in [2.75, 3.05) is 6.79 Å². The van der Waals surface area contributed by atoms with E-state index >= 15 is 0 Å². The minimum atomic E-state index is -0.616. The number of carbonyl (C=O) groups is 1. The van der Waals surface area contributed by atoms with Crippen LogP contribution in [0, 0.1) is 9.39 Å². The second-order valence-corrected chi connectivity index (χ2v) is 6.93. The van der Waals surface area contributed by atoms with Crippen LogP contribution in [0.1, 0.15) is 29.8 Å². The van der Waals surface area contributed by atoms with Crippen LogP contribution in [0.2, 0.25) is 0 Å². The van der Waals surface area contributed by atoms with E-state index in [-0.39, 0.29) is 18.5 Å². The maximum atomic E-state index is 13.2. The van der Waals surface area contributed by atoms with Gasteiger partial charge in [-0.2, -0.15) is 0 Å². The molecule has 1 heterocycles. The molecule has 0 bridgehead atoms. The lowest BCUT2D eigenvalue weighted by Crippen LogP contribution is -2.41. The summed E-state index contributed by atoms with van der Waals surface area (Å²) in [6.07, 6.45) is 0. The van der Waals surface area contributed by atoms with Gasteiger partial charge in [-0.25, -0.2) is 4.39 Å². The summed E-state index contributed by atoms with van der Waals surface area (Å²) in [6, 6.07) is 9.69. The largest absolute Gasteiger partial charge is 0.454 e. The summed E-state index contributed by atoms with van der Waals surface area (Å²) >= 11 is 1.95. The van der Waals surface area contributed by atoms with E-state index in [1.54, 1.807) is 0 Å². The van der Waals surface area contributed by atoms with Crippen LogP contribution in [0.5, 0.6) is 11.5 Å². The number of ether oxygens (including phenoxy) is 2. The third-order valence-corrected chi connectivity index (χ3v) is 4.59. The van der Waals surface area contributed by atoms with Crippen molar-refractivity contribution in [3.05, 3.63) is 56.9 Å². The van der Waals surface area contributed by atoms with E-state index in [0.717, 1.165) is 5.56 Å². The molecule has 23 heavy (non-hydrogen) atoms. The van der Waals surface area contributed by atoms with Gasteiger partial charge in [-0.05, 0) is 72.3 Å². The minimum absolute atomic E-state index is 0.208. The number of fused-ring (bicyclic) bond motifs is 1. The SMILES string of the molecule is CC(C)(NC(=O)c1ccc(F)cc1I)c1ccc2c(c1)OCO2. The molecule has 0 atom stereocenters. The van der Waals surface area contributed by atoms with Crippen LogP contribution in [-0.4, -0.2) is 12.7 Å². The van der Waals surface area contributed by atoms with Gasteiger partial charge in [0, 0.05) is 3.57 Å². The fraction of sp³-hybridized carbons (Fsp3) is 0.235. The van der Waals surface area contributed by atoms with Gasteiger partial charge in [-0.15, -0.1) is 0 Å². The topological polar surface area (TPSA) is 47.6 Å². The summed E-state index contributed by atoms with van der Waals surface area (Å²) in [7, 11) is 0. The molecule has 0 aliphatic carbocycles. The second-order valence-electron chi connectivity index (χ2n) is 5.77. The summed E-state index contributed by atoms with van der Waals surface area (Å²) in [5.41, 5.74) is 0.725. The molecule has 0 spiro atoms. The molecule has 1 aliphatic heterocycles. The highest BCUT2D eigenvalue weighted by molar-refractivity contribution is 14.1. The molecule has 1 aliphatic rings. The van der Waals surface area contributed by atoms with Gasteiger partial charge in [0.15, 0.2) is 11.5 Å². The van der Waals surface area contributed by atoms with E-state index in [2.05, 4.69) is 5.32 Å². The quantitative estimate of drug-likeness (QED) is 0.758. The molecule has 1 amide bonds. The lowest BCUT2D eigenvalue weighted by molar-refractivity contribution is 0.0911. The number of rotatable bonds is 3. The van der Waals surface area contributed by atoms with Gasteiger partial charge >= 0.3 is 0 Å². The first kappa shape index (κ1) is 16.0. The highest BCUT2D eigenvalue weighted by Gasteiger charge is 2.26. The molecule has 4 nitrogen and oxygen atoms in total. The highest BCUT2D eigenvalue weighted by Crippen LogP contribution is 2.35. The number of benzene rings is 2. The normalized spacial score (nSPS) is 13.0. The van der Waals surface area contributed by atoms with Crippen molar-refractivity contribution < 1.29 is 18.7 Å². The van der Waals surface area contributed by atoms with Crippen molar-refractivity contribution >= 4 is 28.5 Å². The van der Waals surface area contributed by atoms with Gasteiger partial charge in [0.1, 0.15) is 5.82 Å². The van der Waals surface area contributed by atoms with Gasteiger partial charge in [-0.3, -0.25) is 4.79 Å². The summed E-state index contributed by atoms with van der Waals surface area (Å²) in [5, 5.41) is 2.98. The van der Waals surface area contributed by atoms with Crippen molar-refractivity contribution in [1.82, 2.24) is 5.32 Å². The number of hydrogen-bond acceptors (Lipinski definition) is 3. The standard InChI is InChI=1S/C17H15FINO3/c1-17(2,10-3-6-14-15(7-10)23-9-22-14)20-16(21)12-5-4-11(18)8-13(12)19/h3-8H,9H2,1-2H3,(H,20,21). The number of amides is 1. The zero-order chi connectivity index (χ0) is 16.6. The Kier molecular flexibility index (Phi) is 4.18.